The van der Waals surface area contributed by atoms with Crippen molar-refractivity contribution in [3.05, 3.63) is 66.0 Å². The van der Waals surface area contributed by atoms with Crippen LogP contribution in [0.4, 0.5) is 0 Å². The van der Waals surface area contributed by atoms with E-state index in [2.05, 4.69) is 15.6 Å². The molecule has 0 bridgehead atoms. The molecule has 0 aliphatic rings. The number of rotatable bonds is 6. The molecule has 1 aromatic heterocycles. The molecule has 0 fully saturated rings. The van der Waals surface area contributed by atoms with Gasteiger partial charge in [0.2, 0.25) is 11.8 Å². The van der Waals surface area contributed by atoms with Gasteiger partial charge in [-0.3, -0.25) is 14.6 Å². The van der Waals surface area contributed by atoms with Crippen LogP contribution in [-0.4, -0.2) is 22.8 Å². The molecule has 2 rings (SSSR count). The summed E-state index contributed by atoms with van der Waals surface area (Å²) >= 11 is 0. The number of hydrogen-bond acceptors (Lipinski definition) is 3. The Hall–Kier alpha value is -2.69. The number of pyridine rings is 1. The van der Waals surface area contributed by atoms with Crippen LogP contribution in [0.3, 0.4) is 0 Å². The van der Waals surface area contributed by atoms with Crippen LogP contribution < -0.4 is 10.6 Å². The number of nitrogens with one attached hydrogen (secondary N) is 2. The summed E-state index contributed by atoms with van der Waals surface area (Å²) in [7, 11) is 0. The Morgan fingerprint density at radius 3 is 2.50 bits per heavy atom. The van der Waals surface area contributed by atoms with Crippen molar-refractivity contribution in [2.45, 2.75) is 25.9 Å². The maximum atomic E-state index is 12.0. The number of carbonyl (C=O) groups excluding carboxylic acids is 2. The third kappa shape index (κ3) is 5.01. The van der Waals surface area contributed by atoms with Crippen LogP contribution in [0.1, 0.15) is 18.1 Å². The third-order valence-electron chi connectivity index (χ3n) is 3.17. The highest BCUT2D eigenvalue weighted by molar-refractivity contribution is 5.88. The van der Waals surface area contributed by atoms with E-state index in [4.69, 9.17) is 0 Å². The number of nitrogens with zero attached hydrogens (tertiary/aromatic N) is 1. The van der Waals surface area contributed by atoms with Crippen LogP contribution >= 0.6 is 0 Å². The van der Waals surface area contributed by atoms with Crippen LogP contribution in [0.2, 0.25) is 0 Å². The van der Waals surface area contributed by atoms with Gasteiger partial charge in [-0.15, -0.1) is 0 Å². The number of amides is 2. The molecule has 22 heavy (non-hydrogen) atoms. The predicted octanol–water partition coefficient (Wildman–Crippen LogP) is 1.45. The van der Waals surface area contributed by atoms with Crippen LogP contribution in [0, 0.1) is 0 Å². The Morgan fingerprint density at radius 1 is 1.09 bits per heavy atom. The van der Waals surface area contributed by atoms with Crippen molar-refractivity contribution < 1.29 is 9.59 Å². The fraction of sp³-hybridized carbons (Fsp3) is 0.235. The Labute approximate surface area is 129 Å². The second-order valence-electron chi connectivity index (χ2n) is 5.03. The maximum absolute atomic E-state index is 12.0. The molecule has 2 N–H and O–H groups in total. The minimum atomic E-state index is -0.576. The monoisotopic (exact) mass is 297 g/mol. The summed E-state index contributed by atoms with van der Waals surface area (Å²) in [4.78, 5) is 27.8. The van der Waals surface area contributed by atoms with Crippen molar-refractivity contribution in [1.82, 2.24) is 15.6 Å². The molecule has 1 aromatic carbocycles. The first-order valence-electron chi connectivity index (χ1n) is 7.15. The summed E-state index contributed by atoms with van der Waals surface area (Å²) in [6.07, 6.45) is 3.64. The summed E-state index contributed by atoms with van der Waals surface area (Å²) in [5.41, 5.74) is 1.83. The summed E-state index contributed by atoms with van der Waals surface area (Å²) < 4.78 is 0. The van der Waals surface area contributed by atoms with Gasteiger partial charge in [-0.2, -0.15) is 0 Å². The quantitative estimate of drug-likeness (QED) is 0.847. The molecule has 0 unspecified atom stereocenters. The largest absolute Gasteiger partial charge is 0.350 e. The topological polar surface area (TPSA) is 71.1 Å². The van der Waals surface area contributed by atoms with E-state index in [1.54, 1.807) is 19.3 Å². The van der Waals surface area contributed by atoms with E-state index in [0.29, 0.717) is 6.54 Å². The van der Waals surface area contributed by atoms with Gasteiger partial charge in [0.05, 0.1) is 6.42 Å². The minimum Gasteiger partial charge on any atom is -0.350 e. The average Bonchev–Trinajstić information content (AvgIpc) is 2.54. The smallest absolute Gasteiger partial charge is 0.242 e. The SMILES string of the molecule is C[C@@H](NC(=O)Cc1ccccc1)C(=O)NCc1cccnc1. The predicted molar refractivity (Wildman–Crippen MR) is 83.8 cm³/mol. The number of aromatic nitrogens is 1. The fourth-order valence-corrected chi connectivity index (χ4v) is 1.98. The zero-order valence-electron chi connectivity index (χ0n) is 12.5. The van der Waals surface area contributed by atoms with Gasteiger partial charge >= 0.3 is 0 Å². The normalized spacial score (nSPS) is 11.5. The number of benzene rings is 1. The lowest BCUT2D eigenvalue weighted by Crippen LogP contribution is -2.45. The van der Waals surface area contributed by atoms with E-state index in [0.717, 1.165) is 11.1 Å². The molecule has 2 aromatic rings. The Kier molecular flexibility index (Phi) is 5.65. The summed E-state index contributed by atoms with van der Waals surface area (Å²) in [6, 6.07) is 12.5. The van der Waals surface area contributed by atoms with E-state index in [1.165, 1.54) is 0 Å². The lowest BCUT2D eigenvalue weighted by Gasteiger charge is -2.14. The van der Waals surface area contributed by atoms with Crippen molar-refractivity contribution in [1.29, 1.82) is 0 Å². The lowest BCUT2D eigenvalue weighted by molar-refractivity contribution is -0.128. The van der Waals surface area contributed by atoms with Crippen LogP contribution in [0.5, 0.6) is 0 Å². The first-order valence-corrected chi connectivity index (χ1v) is 7.15. The molecular formula is C17H19N3O2. The molecule has 5 heteroatoms. The molecule has 114 valence electrons. The van der Waals surface area contributed by atoms with E-state index < -0.39 is 6.04 Å². The Morgan fingerprint density at radius 2 is 1.82 bits per heavy atom. The molecule has 5 nitrogen and oxygen atoms in total. The van der Waals surface area contributed by atoms with Gasteiger partial charge in [-0.25, -0.2) is 0 Å². The molecule has 0 aliphatic carbocycles. The zero-order chi connectivity index (χ0) is 15.8. The van der Waals surface area contributed by atoms with Gasteiger partial charge in [0, 0.05) is 18.9 Å². The highest BCUT2D eigenvalue weighted by atomic mass is 16.2. The molecule has 0 radical (unpaired) electrons. The first-order chi connectivity index (χ1) is 10.6. The second kappa shape index (κ2) is 7.93. The highest BCUT2D eigenvalue weighted by Gasteiger charge is 2.15. The van der Waals surface area contributed by atoms with Gasteiger partial charge < -0.3 is 10.6 Å². The highest BCUT2D eigenvalue weighted by Crippen LogP contribution is 2.00. The maximum Gasteiger partial charge on any atom is 0.242 e. The number of hydrogen-bond donors (Lipinski definition) is 2. The van der Waals surface area contributed by atoms with E-state index >= 15 is 0 Å². The van der Waals surface area contributed by atoms with Gasteiger partial charge in [-0.1, -0.05) is 36.4 Å². The average molecular weight is 297 g/mol. The summed E-state index contributed by atoms with van der Waals surface area (Å²) in [6.45, 7) is 2.06. The van der Waals surface area contributed by atoms with Crippen molar-refractivity contribution in [2.75, 3.05) is 0 Å². The van der Waals surface area contributed by atoms with E-state index in [1.807, 2.05) is 42.5 Å². The fourth-order valence-electron chi connectivity index (χ4n) is 1.98. The molecule has 1 atom stereocenters. The lowest BCUT2D eigenvalue weighted by atomic mass is 10.1. The summed E-state index contributed by atoms with van der Waals surface area (Å²) in [5.74, 6) is -0.388. The molecule has 1 heterocycles. The molecular weight excluding hydrogens is 278 g/mol. The van der Waals surface area contributed by atoms with Gasteiger partial charge in [0.25, 0.3) is 0 Å². The van der Waals surface area contributed by atoms with Crippen molar-refractivity contribution in [2.24, 2.45) is 0 Å². The summed E-state index contributed by atoms with van der Waals surface area (Å²) in [5, 5.41) is 5.47. The third-order valence-corrected chi connectivity index (χ3v) is 3.17. The first kappa shape index (κ1) is 15.7. The Bertz CT molecular complexity index is 614. The van der Waals surface area contributed by atoms with Crippen LogP contribution in [-0.2, 0) is 22.6 Å². The number of carbonyl (C=O) groups is 2. The van der Waals surface area contributed by atoms with Crippen LogP contribution in [0.15, 0.2) is 54.9 Å². The van der Waals surface area contributed by atoms with Crippen molar-refractivity contribution >= 4 is 11.8 Å². The molecule has 0 aliphatic heterocycles. The van der Waals surface area contributed by atoms with Crippen LogP contribution in [0.25, 0.3) is 0 Å². The standard InChI is InChI=1S/C17H19N3O2/c1-13(17(22)19-12-15-8-5-9-18-11-15)20-16(21)10-14-6-3-2-4-7-14/h2-9,11,13H,10,12H2,1H3,(H,19,22)(H,20,21)/t13-/m1/s1. The van der Waals surface area contributed by atoms with Gasteiger partial charge in [0.15, 0.2) is 0 Å². The van der Waals surface area contributed by atoms with E-state index in [9.17, 15) is 9.59 Å². The Balaban J connectivity index is 1.77. The molecule has 0 saturated heterocycles. The minimum absolute atomic E-state index is 0.171. The zero-order valence-corrected chi connectivity index (χ0v) is 12.5. The van der Waals surface area contributed by atoms with Crippen molar-refractivity contribution in [3.63, 3.8) is 0 Å². The van der Waals surface area contributed by atoms with Gasteiger partial charge in [-0.05, 0) is 24.1 Å². The second-order valence-corrected chi connectivity index (χ2v) is 5.03. The molecule has 0 spiro atoms. The van der Waals surface area contributed by atoms with E-state index in [-0.39, 0.29) is 18.2 Å². The van der Waals surface area contributed by atoms with Gasteiger partial charge in [0.1, 0.15) is 6.04 Å². The molecule has 2 amide bonds. The van der Waals surface area contributed by atoms with Crippen molar-refractivity contribution in [3.8, 4) is 0 Å². The molecule has 0 saturated carbocycles.